The molecule has 2 rings (SSSR count). The van der Waals surface area contributed by atoms with E-state index >= 15 is 0 Å². The Labute approximate surface area is 101 Å². The Morgan fingerprint density at radius 1 is 1.47 bits per heavy atom. The number of hydrogen-bond donors (Lipinski definition) is 1. The Hall–Kier alpha value is -1.58. The zero-order valence-electron chi connectivity index (χ0n) is 10.1. The molecule has 0 amide bonds. The van der Waals surface area contributed by atoms with Crippen LogP contribution in [0.3, 0.4) is 0 Å². The van der Waals surface area contributed by atoms with Gasteiger partial charge >= 0.3 is 5.97 Å². The van der Waals surface area contributed by atoms with Gasteiger partial charge in [-0.15, -0.1) is 0 Å². The summed E-state index contributed by atoms with van der Waals surface area (Å²) in [6, 6.07) is 4.01. The number of pyridine rings is 1. The van der Waals surface area contributed by atoms with Crippen LogP contribution in [0.4, 0.5) is 5.82 Å². The second-order valence-electron chi connectivity index (χ2n) is 4.43. The molecule has 1 N–H and O–H groups in total. The molecule has 1 heterocycles. The van der Waals surface area contributed by atoms with Crippen LogP contribution in [0.5, 0.6) is 0 Å². The first-order valence-corrected chi connectivity index (χ1v) is 6.18. The summed E-state index contributed by atoms with van der Waals surface area (Å²) >= 11 is 0. The number of anilines is 1. The fourth-order valence-corrected chi connectivity index (χ4v) is 2.51. The van der Waals surface area contributed by atoms with Gasteiger partial charge in [0.1, 0.15) is 5.82 Å². The van der Waals surface area contributed by atoms with Crippen LogP contribution in [0.1, 0.15) is 43.0 Å². The molecule has 0 bridgehead atoms. The monoisotopic (exact) mass is 234 g/mol. The quantitative estimate of drug-likeness (QED) is 0.869. The Kier molecular flexibility index (Phi) is 3.61. The summed E-state index contributed by atoms with van der Waals surface area (Å²) in [7, 11) is 0. The number of rotatable bonds is 4. The van der Waals surface area contributed by atoms with Gasteiger partial charge in [0, 0.05) is 18.8 Å². The van der Waals surface area contributed by atoms with Crippen LogP contribution in [0.15, 0.2) is 18.3 Å². The fraction of sp³-hybridized carbons (Fsp3) is 0.538. The normalized spacial score (nSPS) is 16.1. The first kappa shape index (κ1) is 11.9. The van der Waals surface area contributed by atoms with Crippen LogP contribution in [-0.4, -0.2) is 28.6 Å². The summed E-state index contributed by atoms with van der Waals surface area (Å²) in [5, 5.41) is 8.83. The lowest BCUT2D eigenvalue weighted by Crippen LogP contribution is -2.33. The van der Waals surface area contributed by atoms with E-state index in [1.807, 2.05) is 6.07 Å². The van der Waals surface area contributed by atoms with Crippen LogP contribution < -0.4 is 4.90 Å². The lowest BCUT2D eigenvalue weighted by Gasteiger charge is -2.28. The minimum Gasteiger partial charge on any atom is -0.478 e. The van der Waals surface area contributed by atoms with Crippen molar-refractivity contribution < 1.29 is 9.90 Å². The number of nitrogens with zero attached hydrogens (tertiary/aromatic N) is 2. The Bertz CT molecular complexity index is 383. The molecule has 17 heavy (non-hydrogen) atoms. The zero-order valence-corrected chi connectivity index (χ0v) is 10.1. The predicted octanol–water partition coefficient (Wildman–Crippen LogP) is 2.55. The van der Waals surface area contributed by atoms with Crippen molar-refractivity contribution in [1.82, 2.24) is 4.98 Å². The van der Waals surface area contributed by atoms with Crippen molar-refractivity contribution in [3.05, 3.63) is 23.9 Å². The SMILES string of the molecule is CCN(c1ccc(C(=O)O)cn1)C1CCCC1. The second kappa shape index (κ2) is 5.17. The minimum absolute atomic E-state index is 0.247. The average molecular weight is 234 g/mol. The van der Waals surface area contributed by atoms with E-state index in [2.05, 4.69) is 16.8 Å². The molecule has 1 aromatic rings. The van der Waals surface area contributed by atoms with Gasteiger partial charge in [0.25, 0.3) is 0 Å². The standard InChI is InChI=1S/C13H18N2O2/c1-2-15(11-5-3-4-6-11)12-8-7-10(9-14-12)13(16)17/h7-9,11H,2-6H2,1H3,(H,16,17). The highest BCUT2D eigenvalue weighted by Gasteiger charge is 2.22. The highest BCUT2D eigenvalue weighted by Crippen LogP contribution is 2.26. The van der Waals surface area contributed by atoms with Crippen molar-refractivity contribution in [2.24, 2.45) is 0 Å². The lowest BCUT2D eigenvalue weighted by molar-refractivity contribution is 0.0696. The zero-order chi connectivity index (χ0) is 12.3. The van der Waals surface area contributed by atoms with Crippen LogP contribution >= 0.6 is 0 Å². The van der Waals surface area contributed by atoms with Gasteiger partial charge in [-0.2, -0.15) is 0 Å². The third-order valence-corrected chi connectivity index (χ3v) is 3.40. The molecule has 1 saturated carbocycles. The Morgan fingerprint density at radius 2 is 2.18 bits per heavy atom. The van der Waals surface area contributed by atoms with E-state index in [0.717, 1.165) is 12.4 Å². The summed E-state index contributed by atoms with van der Waals surface area (Å²) in [5.41, 5.74) is 0.247. The van der Waals surface area contributed by atoms with Gasteiger partial charge in [0.2, 0.25) is 0 Å². The highest BCUT2D eigenvalue weighted by atomic mass is 16.4. The number of aromatic carboxylic acids is 1. The summed E-state index contributed by atoms with van der Waals surface area (Å²) < 4.78 is 0. The van der Waals surface area contributed by atoms with Crippen LogP contribution in [-0.2, 0) is 0 Å². The van der Waals surface area contributed by atoms with Crippen molar-refractivity contribution in [3.8, 4) is 0 Å². The third kappa shape index (κ3) is 2.57. The van der Waals surface area contributed by atoms with Crippen molar-refractivity contribution in [2.45, 2.75) is 38.6 Å². The summed E-state index contributed by atoms with van der Waals surface area (Å²) in [6.45, 7) is 3.04. The molecule has 0 atom stereocenters. The smallest absolute Gasteiger partial charge is 0.337 e. The number of carboxylic acids is 1. The van der Waals surface area contributed by atoms with E-state index in [1.54, 1.807) is 6.07 Å². The number of hydrogen-bond acceptors (Lipinski definition) is 3. The summed E-state index contributed by atoms with van der Waals surface area (Å²) in [4.78, 5) is 17.3. The van der Waals surface area contributed by atoms with Crippen molar-refractivity contribution in [2.75, 3.05) is 11.4 Å². The van der Waals surface area contributed by atoms with Gasteiger partial charge in [-0.05, 0) is 31.9 Å². The molecule has 92 valence electrons. The van der Waals surface area contributed by atoms with Crippen LogP contribution in [0.2, 0.25) is 0 Å². The summed E-state index contributed by atoms with van der Waals surface area (Å²) in [6.07, 6.45) is 6.45. The summed E-state index contributed by atoms with van der Waals surface area (Å²) in [5.74, 6) is -0.0302. The molecule has 0 aromatic carbocycles. The minimum atomic E-state index is -0.923. The third-order valence-electron chi connectivity index (χ3n) is 3.40. The highest BCUT2D eigenvalue weighted by molar-refractivity contribution is 5.87. The van der Waals surface area contributed by atoms with E-state index in [4.69, 9.17) is 5.11 Å². The second-order valence-corrected chi connectivity index (χ2v) is 4.43. The van der Waals surface area contributed by atoms with Crippen LogP contribution in [0, 0.1) is 0 Å². The maximum Gasteiger partial charge on any atom is 0.337 e. The van der Waals surface area contributed by atoms with Gasteiger partial charge in [0.05, 0.1) is 5.56 Å². The van der Waals surface area contributed by atoms with E-state index in [-0.39, 0.29) is 5.56 Å². The average Bonchev–Trinajstić information content (AvgIpc) is 2.84. The van der Waals surface area contributed by atoms with E-state index < -0.39 is 5.97 Å². The molecular formula is C13H18N2O2. The number of carbonyl (C=O) groups is 1. The maximum absolute atomic E-state index is 10.8. The topological polar surface area (TPSA) is 53.4 Å². The first-order valence-electron chi connectivity index (χ1n) is 6.18. The molecule has 1 aliphatic rings. The molecule has 1 fully saturated rings. The predicted molar refractivity (Wildman–Crippen MR) is 66.5 cm³/mol. The molecular weight excluding hydrogens is 216 g/mol. The van der Waals surface area contributed by atoms with Gasteiger partial charge in [-0.25, -0.2) is 9.78 Å². The number of carboxylic acid groups (broad SMARTS) is 1. The Morgan fingerprint density at radius 3 is 2.65 bits per heavy atom. The molecule has 0 aliphatic heterocycles. The van der Waals surface area contributed by atoms with E-state index in [9.17, 15) is 4.79 Å². The molecule has 0 unspecified atom stereocenters. The molecule has 4 heteroatoms. The van der Waals surface area contributed by atoms with Crippen molar-refractivity contribution in [3.63, 3.8) is 0 Å². The molecule has 0 saturated heterocycles. The first-order chi connectivity index (χ1) is 8.22. The Balaban J connectivity index is 2.16. The largest absolute Gasteiger partial charge is 0.478 e. The van der Waals surface area contributed by atoms with Gasteiger partial charge in [-0.1, -0.05) is 12.8 Å². The maximum atomic E-state index is 10.8. The molecule has 0 spiro atoms. The fourth-order valence-electron chi connectivity index (χ4n) is 2.51. The van der Waals surface area contributed by atoms with Crippen LogP contribution in [0.25, 0.3) is 0 Å². The molecule has 4 nitrogen and oxygen atoms in total. The van der Waals surface area contributed by atoms with Gasteiger partial charge < -0.3 is 10.0 Å². The van der Waals surface area contributed by atoms with E-state index in [1.165, 1.54) is 31.9 Å². The molecule has 1 aromatic heterocycles. The number of aromatic nitrogens is 1. The van der Waals surface area contributed by atoms with Crippen molar-refractivity contribution in [1.29, 1.82) is 0 Å². The molecule has 0 radical (unpaired) electrons. The van der Waals surface area contributed by atoms with Gasteiger partial charge in [-0.3, -0.25) is 0 Å². The van der Waals surface area contributed by atoms with Gasteiger partial charge in [0.15, 0.2) is 0 Å². The molecule has 1 aliphatic carbocycles. The lowest BCUT2D eigenvalue weighted by atomic mass is 10.2. The van der Waals surface area contributed by atoms with E-state index in [0.29, 0.717) is 6.04 Å². The van der Waals surface area contributed by atoms with Crippen molar-refractivity contribution >= 4 is 11.8 Å².